The van der Waals surface area contributed by atoms with E-state index in [1.807, 2.05) is 0 Å². The van der Waals surface area contributed by atoms with Crippen molar-refractivity contribution in [2.75, 3.05) is 18.8 Å². The largest absolute Gasteiger partial charge is 0.481 e. The maximum absolute atomic E-state index is 14.4. The molecule has 1 amide bonds. The maximum Gasteiger partial charge on any atom is 0.312 e. The number of piperidine rings is 1. The fraction of sp³-hybridized carbons (Fsp3) is 0.320. The molecule has 0 aliphatic carbocycles. The summed E-state index contributed by atoms with van der Waals surface area (Å²) in [7, 11) is 0. The molecule has 0 spiro atoms. The lowest BCUT2D eigenvalue weighted by Crippen LogP contribution is -2.46. The molecule has 1 atom stereocenters. The van der Waals surface area contributed by atoms with E-state index in [4.69, 9.17) is 5.73 Å². The van der Waals surface area contributed by atoms with Gasteiger partial charge in [-0.2, -0.15) is 5.26 Å². The zero-order chi connectivity index (χ0) is 25.9. The summed E-state index contributed by atoms with van der Waals surface area (Å²) in [5.41, 5.74) is 5.57. The van der Waals surface area contributed by atoms with Crippen LogP contribution in [0.15, 0.2) is 49.1 Å². The van der Waals surface area contributed by atoms with E-state index in [0.717, 1.165) is 12.1 Å². The van der Waals surface area contributed by atoms with Gasteiger partial charge in [-0.05, 0) is 37.0 Å². The average Bonchev–Trinajstić information content (AvgIpc) is 3.31. The van der Waals surface area contributed by atoms with Crippen LogP contribution in [0.4, 0.5) is 14.6 Å². The second-order valence-corrected chi connectivity index (χ2v) is 8.86. The van der Waals surface area contributed by atoms with Gasteiger partial charge < -0.3 is 20.3 Å². The van der Waals surface area contributed by atoms with E-state index in [0.29, 0.717) is 17.1 Å². The van der Waals surface area contributed by atoms with Crippen molar-refractivity contribution in [1.82, 2.24) is 19.4 Å². The Balaban J connectivity index is 1.40. The Hall–Kier alpha value is -4.33. The number of carboxylic acid groups (broad SMARTS) is 1. The monoisotopic (exact) mass is 494 g/mol. The number of imidazole rings is 1. The highest BCUT2D eigenvalue weighted by molar-refractivity contribution is 5.77. The first kappa shape index (κ1) is 24.8. The van der Waals surface area contributed by atoms with Crippen LogP contribution < -0.4 is 5.73 Å². The summed E-state index contributed by atoms with van der Waals surface area (Å²) in [6.45, 7) is 0.395. The zero-order valence-corrected chi connectivity index (χ0v) is 19.3. The number of amides is 1. The number of hydrogen-bond acceptors (Lipinski definition) is 6. The van der Waals surface area contributed by atoms with Gasteiger partial charge in [-0.15, -0.1) is 0 Å². The number of carboxylic acids is 1. The van der Waals surface area contributed by atoms with Gasteiger partial charge >= 0.3 is 5.97 Å². The molecule has 1 aliphatic rings. The van der Waals surface area contributed by atoms with Gasteiger partial charge in [0, 0.05) is 37.1 Å². The van der Waals surface area contributed by atoms with Gasteiger partial charge in [0.05, 0.1) is 23.5 Å². The molecule has 11 heteroatoms. The summed E-state index contributed by atoms with van der Waals surface area (Å²) in [5.74, 6) is -3.37. The number of aliphatic carboxylic acids is 1. The third kappa shape index (κ3) is 5.17. The Bertz CT molecular complexity index is 1310. The van der Waals surface area contributed by atoms with Crippen molar-refractivity contribution < 1.29 is 23.5 Å². The van der Waals surface area contributed by atoms with Gasteiger partial charge in [-0.25, -0.2) is 18.7 Å². The van der Waals surface area contributed by atoms with Crippen molar-refractivity contribution in [1.29, 1.82) is 5.26 Å². The highest BCUT2D eigenvalue weighted by atomic mass is 19.1. The molecule has 1 unspecified atom stereocenters. The van der Waals surface area contributed by atoms with Crippen molar-refractivity contribution in [3.63, 3.8) is 0 Å². The van der Waals surface area contributed by atoms with Crippen LogP contribution in [0.3, 0.4) is 0 Å². The molecule has 1 aromatic carbocycles. The number of halogens is 2. The number of aromatic nitrogens is 3. The molecule has 186 valence electrons. The van der Waals surface area contributed by atoms with E-state index >= 15 is 0 Å². The predicted molar refractivity (Wildman–Crippen MR) is 124 cm³/mol. The van der Waals surface area contributed by atoms with E-state index in [1.54, 1.807) is 17.0 Å². The Morgan fingerprint density at radius 2 is 1.94 bits per heavy atom. The lowest BCUT2D eigenvalue weighted by molar-refractivity contribution is -0.139. The first-order valence-electron chi connectivity index (χ1n) is 11.3. The number of nitrogens with zero attached hydrogens (tertiary/aromatic N) is 5. The van der Waals surface area contributed by atoms with Crippen LogP contribution >= 0.6 is 0 Å². The van der Waals surface area contributed by atoms with Crippen LogP contribution in [0.25, 0.3) is 0 Å². The summed E-state index contributed by atoms with van der Waals surface area (Å²) in [6, 6.07) is 8.64. The minimum Gasteiger partial charge on any atom is -0.481 e. The molecular weight excluding hydrogens is 470 g/mol. The van der Waals surface area contributed by atoms with Crippen molar-refractivity contribution in [2.45, 2.75) is 37.1 Å². The van der Waals surface area contributed by atoms with E-state index in [9.17, 15) is 28.7 Å². The topological polar surface area (TPSA) is 138 Å². The van der Waals surface area contributed by atoms with Gasteiger partial charge in [0.25, 0.3) is 0 Å². The molecule has 1 aliphatic heterocycles. The molecule has 36 heavy (non-hydrogen) atoms. The minimum atomic E-state index is -1.14. The standard InChI is InChI=1S/C25H24F2N6O3/c26-17-2-3-19(20(27)10-17)25(14-28)5-7-33(8-6-25)23(34)13-32-12-21(31-15-32)18(24(35)36)9-16-1-4-22(29)30-11-16/h1-4,10-12,15,18H,5-9,13H2,(H2,29,30)(H,35,36). The molecule has 9 nitrogen and oxygen atoms in total. The molecule has 3 aromatic rings. The molecule has 0 saturated carbocycles. The van der Waals surface area contributed by atoms with E-state index in [1.165, 1.54) is 29.4 Å². The van der Waals surface area contributed by atoms with Gasteiger partial charge in [0.15, 0.2) is 0 Å². The number of hydrogen-bond donors (Lipinski definition) is 2. The van der Waals surface area contributed by atoms with Crippen LogP contribution in [-0.4, -0.2) is 49.5 Å². The number of carbonyl (C=O) groups excluding carboxylic acids is 1. The number of benzene rings is 1. The maximum atomic E-state index is 14.4. The molecule has 0 radical (unpaired) electrons. The first-order chi connectivity index (χ1) is 17.2. The third-order valence-electron chi connectivity index (χ3n) is 6.54. The number of nitrogen functional groups attached to an aromatic ring is 1. The Morgan fingerprint density at radius 1 is 1.19 bits per heavy atom. The highest BCUT2D eigenvalue weighted by Gasteiger charge is 2.39. The number of nitriles is 1. The van der Waals surface area contributed by atoms with Gasteiger partial charge in [-0.1, -0.05) is 12.1 Å². The third-order valence-corrected chi connectivity index (χ3v) is 6.54. The summed E-state index contributed by atoms with van der Waals surface area (Å²) >= 11 is 0. The zero-order valence-electron chi connectivity index (χ0n) is 19.3. The molecule has 1 saturated heterocycles. The molecule has 1 fully saturated rings. The Labute approximate surface area is 205 Å². The summed E-state index contributed by atoms with van der Waals surface area (Å²) in [6.07, 6.45) is 5.03. The first-order valence-corrected chi connectivity index (χ1v) is 11.3. The number of likely N-dealkylation sites (tertiary alicyclic amines) is 1. The van der Waals surface area contributed by atoms with Gasteiger partial charge in [0.1, 0.15) is 29.9 Å². The normalized spacial score (nSPS) is 15.8. The van der Waals surface area contributed by atoms with E-state index in [-0.39, 0.29) is 50.4 Å². The van der Waals surface area contributed by atoms with Crippen LogP contribution in [0.2, 0.25) is 0 Å². The summed E-state index contributed by atoms with van der Waals surface area (Å²) < 4.78 is 29.2. The number of nitrogens with two attached hydrogens (primary N) is 1. The molecule has 3 heterocycles. The predicted octanol–water partition coefficient (Wildman–Crippen LogP) is 2.63. The Kier molecular flexibility index (Phi) is 6.96. The van der Waals surface area contributed by atoms with Crippen LogP contribution in [0, 0.1) is 23.0 Å². The van der Waals surface area contributed by atoms with E-state index < -0.39 is 28.9 Å². The fourth-order valence-corrected chi connectivity index (χ4v) is 4.47. The average molecular weight is 495 g/mol. The lowest BCUT2D eigenvalue weighted by Gasteiger charge is -2.37. The van der Waals surface area contributed by atoms with Crippen molar-refractivity contribution >= 4 is 17.7 Å². The fourth-order valence-electron chi connectivity index (χ4n) is 4.47. The molecule has 4 rings (SSSR count). The van der Waals surface area contributed by atoms with Crippen LogP contribution in [0.1, 0.15) is 35.6 Å². The van der Waals surface area contributed by atoms with Gasteiger partial charge in [0.2, 0.25) is 5.91 Å². The van der Waals surface area contributed by atoms with E-state index in [2.05, 4.69) is 16.0 Å². The minimum absolute atomic E-state index is 0.0623. The van der Waals surface area contributed by atoms with Crippen molar-refractivity contribution in [3.05, 3.63) is 77.5 Å². The molecule has 3 N–H and O–H groups in total. The number of rotatable bonds is 7. The lowest BCUT2D eigenvalue weighted by atomic mass is 9.73. The van der Waals surface area contributed by atoms with Crippen molar-refractivity contribution in [2.24, 2.45) is 0 Å². The number of anilines is 1. The molecular formula is C25H24F2N6O3. The smallest absolute Gasteiger partial charge is 0.312 e. The summed E-state index contributed by atoms with van der Waals surface area (Å²) in [5, 5.41) is 19.5. The molecule has 2 aromatic heterocycles. The number of carbonyl (C=O) groups is 2. The van der Waals surface area contributed by atoms with Crippen molar-refractivity contribution in [3.8, 4) is 6.07 Å². The molecule has 0 bridgehead atoms. The van der Waals surface area contributed by atoms with Gasteiger partial charge in [-0.3, -0.25) is 9.59 Å². The highest BCUT2D eigenvalue weighted by Crippen LogP contribution is 2.36. The SMILES string of the molecule is N#CC1(c2ccc(F)cc2F)CCN(C(=O)Cn2cnc(C(Cc3ccc(N)nc3)C(=O)O)c2)CC1. The number of pyridine rings is 1. The second-order valence-electron chi connectivity index (χ2n) is 8.86. The van der Waals surface area contributed by atoms with Crippen LogP contribution in [0.5, 0.6) is 0 Å². The summed E-state index contributed by atoms with van der Waals surface area (Å²) in [4.78, 5) is 34.5. The second kappa shape index (κ2) is 10.1. The van der Waals surface area contributed by atoms with Crippen LogP contribution in [-0.2, 0) is 28.0 Å². The quantitative estimate of drug-likeness (QED) is 0.515. The Morgan fingerprint density at radius 3 is 2.56 bits per heavy atom.